The van der Waals surface area contributed by atoms with Crippen LogP contribution in [0.4, 0.5) is 0 Å². The maximum Gasteiger partial charge on any atom is 0.162 e. The SMILES string of the molecule is c1cncc(-c2nc3cc4c[nH][nH]c4cc3n2)c1. The molecule has 0 saturated heterocycles. The van der Waals surface area contributed by atoms with Crippen LogP contribution in [0.5, 0.6) is 0 Å². The quantitative estimate of drug-likeness (QED) is 0.532. The van der Waals surface area contributed by atoms with Gasteiger partial charge in [-0.15, -0.1) is 0 Å². The number of pyridine rings is 1. The zero-order valence-corrected chi connectivity index (χ0v) is 9.38. The van der Waals surface area contributed by atoms with Gasteiger partial charge in [-0.25, -0.2) is 9.97 Å². The van der Waals surface area contributed by atoms with Crippen molar-refractivity contribution in [2.24, 2.45) is 0 Å². The molecule has 0 amide bonds. The van der Waals surface area contributed by atoms with Gasteiger partial charge in [0.05, 0.1) is 16.6 Å². The highest BCUT2D eigenvalue weighted by Crippen LogP contribution is 2.23. The number of fused-ring (bicyclic) bond motifs is 2. The van der Waals surface area contributed by atoms with Crippen LogP contribution in [-0.2, 0) is 0 Å². The van der Waals surface area contributed by atoms with E-state index in [-0.39, 0.29) is 0 Å². The second-order valence-corrected chi connectivity index (χ2v) is 4.13. The van der Waals surface area contributed by atoms with Crippen LogP contribution in [-0.4, -0.2) is 25.1 Å². The Morgan fingerprint density at radius 3 is 2.78 bits per heavy atom. The van der Waals surface area contributed by atoms with Gasteiger partial charge in [0.15, 0.2) is 5.82 Å². The lowest BCUT2D eigenvalue weighted by Crippen LogP contribution is -1.80. The van der Waals surface area contributed by atoms with Gasteiger partial charge in [0, 0.05) is 29.5 Å². The van der Waals surface area contributed by atoms with Crippen molar-refractivity contribution in [3.63, 3.8) is 0 Å². The van der Waals surface area contributed by atoms with Crippen molar-refractivity contribution in [1.82, 2.24) is 25.1 Å². The molecular weight excluding hydrogens is 226 g/mol. The van der Waals surface area contributed by atoms with E-state index < -0.39 is 0 Å². The molecule has 3 aromatic heterocycles. The predicted molar refractivity (Wildman–Crippen MR) is 69.0 cm³/mol. The molecule has 0 atom stereocenters. The van der Waals surface area contributed by atoms with Gasteiger partial charge < -0.3 is 10.2 Å². The molecule has 0 spiro atoms. The molecule has 0 aliphatic rings. The predicted octanol–water partition coefficient (Wildman–Crippen LogP) is 2.50. The number of rotatable bonds is 1. The second-order valence-electron chi connectivity index (χ2n) is 4.13. The Bertz CT molecular complexity index is 780. The molecule has 18 heavy (non-hydrogen) atoms. The van der Waals surface area contributed by atoms with Crippen LogP contribution in [0.15, 0.2) is 42.9 Å². The average molecular weight is 235 g/mol. The highest BCUT2D eigenvalue weighted by molar-refractivity contribution is 5.93. The molecule has 0 bridgehead atoms. The fraction of sp³-hybridized carbons (Fsp3) is 0. The first-order chi connectivity index (χ1) is 8.90. The largest absolute Gasteiger partial charge is 0.307 e. The molecule has 1 aromatic carbocycles. The number of nitrogens with one attached hydrogen (secondary N) is 2. The molecule has 3 heterocycles. The summed E-state index contributed by atoms with van der Waals surface area (Å²) in [6.07, 6.45) is 5.42. The zero-order valence-electron chi connectivity index (χ0n) is 9.38. The summed E-state index contributed by atoms with van der Waals surface area (Å²) >= 11 is 0. The standard InChI is InChI=1S/C13H9N5/c1-2-8(6-14-3-1)13-16-11-4-9-7-15-18-10(9)5-12(11)17-13/h1-7,15,18H. The molecule has 0 aliphatic carbocycles. The smallest absolute Gasteiger partial charge is 0.162 e. The Labute approximate surface area is 102 Å². The summed E-state index contributed by atoms with van der Waals surface area (Å²) in [5, 5.41) is 7.11. The number of hydrogen-bond acceptors (Lipinski definition) is 3. The van der Waals surface area contributed by atoms with Crippen molar-refractivity contribution < 1.29 is 0 Å². The molecular formula is C13H9N5. The third kappa shape index (κ3) is 1.31. The Kier molecular flexibility index (Phi) is 1.77. The highest BCUT2D eigenvalue weighted by Gasteiger charge is 2.08. The van der Waals surface area contributed by atoms with Gasteiger partial charge in [0.2, 0.25) is 0 Å². The Balaban J connectivity index is 1.98. The Morgan fingerprint density at radius 1 is 1.06 bits per heavy atom. The molecule has 86 valence electrons. The van der Waals surface area contributed by atoms with E-state index in [2.05, 4.69) is 25.1 Å². The molecule has 0 aliphatic heterocycles. The van der Waals surface area contributed by atoms with Crippen LogP contribution in [0.25, 0.3) is 33.3 Å². The maximum atomic E-state index is 4.53. The summed E-state index contributed by atoms with van der Waals surface area (Å²) in [6, 6.07) is 7.86. The zero-order chi connectivity index (χ0) is 11.9. The van der Waals surface area contributed by atoms with Crippen molar-refractivity contribution >= 4 is 21.9 Å². The number of H-pyrrole nitrogens is 2. The van der Waals surface area contributed by atoms with E-state index in [0.717, 1.165) is 33.3 Å². The molecule has 0 radical (unpaired) electrons. The lowest BCUT2D eigenvalue weighted by molar-refractivity contribution is 1.12. The molecule has 5 nitrogen and oxygen atoms in total. The van der Waals surface area contributed by atoms with Gasteiger partial charge in [-0.05, 0) is 24.3 Å². The fourth-order valence-electron chi connectivity index (χ4n) is 2.07. The van der Waals surface area contributed by atoms with E-state index in [9.17, 15) is 0 Å². The number of hydrogen-bond donors (Lipinski definition) is 2. The van der Waals surface area contributed by atoms with Crippen molar-refractivity contribution in [3.8, 4) is 11.4 Å². The Hall–Kier alpha value is -2.69. The van der Waals surface area contributed by atoms with Gasteiger partial charge in [-0.3, -0.25) is 4.98 Å². The lowest BCUT2D eigenvalue weighted by atomic mass is 10.2. The van der Waals surface area contributed by atoms with E-state index in [1.54, 1.807) is 12.4 Å². The lowest BCUT2D eigenvalue weighted by Gasteiger charge is -1.91. The molecule has 0 saturated carbocycles. The number of benzene rings is 1. The van der Waals surface area contributed by atoms with Crippen LogP contribution < -0.4 is 0 Å². The summed E-state index contributed by atoms with van der Waals surface area (Å²) in [5.74, 6) is 0.717. The molecule has 2 N–H and O–H groups in total. The summed E-state index contributed by atoms with van der Waals surface area (Å²) in [7, 11) is 0. The van der Waals surface area contributed by atoms with Crippen LogP contribution in [0.3, 0.4) is 0 Å². The molecule has 0 fully saturated rings. The van der Waals surface area contributed by atoms with Crippen LogP contribution >= 0.6 is 0 Å². The molecule has 5 heteroatoms. The van der Waals surface area contributed by atoms with E-state index in [4.69, 9.17) is 0 Å². The minimum Gasteiger partial charge on any atom is -0.307 e. The van der Waals surface area contributed by atoms with Gasteiger partial charge in [0.25, 0.3) is 0 Å². The van der Waals surface area contributed by atoms with Crippen LogP contribution in [0, 0.1) is 0 Å². The van der Waals surface area contributed by atoms with Crippen LogP contribution in [0.1, 0.15) is 0 Å². The third-order valence-electron chi connectivity index (χ3n) is 2.95. The van der Waals surface area contributed by atoms with Gasteiger partial charge in [-0.2, -0.15) is 0 Å². The van der Waals surface area contributed by atoms with E-state index >= 15 is 0 Å². The van der Waals surface area contributed by atoms with Gasteiger partial charge in [0.1, 0.15) is 0 Å². The minimum atomic E-state index is 0.717. The summed E-state index contributed by atoms with van der Waals surface area (Å²) in [5.41, 5.74) is 3.75. The van der Waals surface area contributed by atoms with E-state index in [1.165, 1.54) is 0 Å². The summed E-state index contributed by atoms with van der Waals surface area (Å²) in [6.45, 7) is 0. The topological polar surface area (TPSA) is 70.2 Å². The molecule has 0 unspecified atom stereocenters. The first-order valence-corrected chi connectivity index (χ1v) is 5.64. The number of nitrogens with zero attached hydrogens (tertiary/aromatic N) is 3. The van der Waals surface area contributed by atoms with Crippen molar-refractivity contribution in [2.75, 3.05) is 0 Å². The molecule has 4 aromatic rings. The first kappa shape index (κ1) is 9.35. The first-order valence-electron chi connectivity index (χ1n) is 5.64. The molecule has 4 rings (SSSR count). The van der Waals surface area contributed by atoms with E-state index in [1.807, 2.05) is 30.5 Å². The summed E-state index contributed by atoms with van der Waals surface area (Å²) < 4.78 is 0. The third-order valence-corrected chi connectivity index (χ3v) is 2.95. The Morgan fingerprint density at radius 2 is 1.94 bits per heavy atom. The normalized spacial score (nSPS) is 11.3. The van der Waals surface area contributed by atoms with Crippen LogP contribution in [0.2, 0.25) is 0 Å². The average Bonchev–Trinajstić information content (AvgIpc) is 3.01. The van der Waals surface area contributed by atoms with Crippen molar-refractivity contribution in [3.05, 3.63) is 42.9 Å². The van der Waals surface area contributed by atoms with Crippen molar-refractivity contribution in [2.45, 2.75) is 0 Å². The minimum absolute atomic E-state index is 0.717. The second kappa shape index (κ2) is 3.40. The van der Waals surface area contributed by atoms with Gasteiger partial charge in [-0.1, -0.05) is 0 Å². The van der Waals surface area contributed by atoms with Crippen molar-refractivity contribution in [1.29, 1.82) is 0 Å². The number of aromatic nitrogens is 5. The van der Waals surface area contributed by atoms with Gasteiger partial charge >= 0.3 is 0 Å². The van der Waals surface area contributed by atoms with E-state index in [0.29, 0.717) is 0 Å². The monoisotopic (exact) mass is 235 g/mol. The summed E-state index contributed by atoms with van der Waals surface area (Å²) in [4.78, 5) is 13.1. The number of imidazole rings is 1. The highest BCUT2D eigenvalue weighted by atomic mass is 15.1. The number of aromatic amines is 2. The fourth-order valence-corrected chi connectivity index (χ4v) is 2.07. The maximum absolute atomic E-state index is 4.53.